The maximum atomic E-state index is 5.15. The SMILES string of the molecule is c1ccc(-c2ccc(-c3nc(-c4ccc(-c5ccccc5)cc4)nc(-c4cc(-c5ccccc5)cc(-c5ccc(-c6cnccn6)cc5)c4)n3)cc2)cc1. The van der Waals surface area contributed by atoms with Crippen molar-refractivity contribution in [3.63, 3.8) is 0 Å². The lowest BCUT2D eigenvalue weighted by Crippen LogP contribution is -2.00. The van der Waals surface area contributed by atoms with Crippen molar-refractivity contribution in [3.8, 4) is 89.9 Å². The van der Waals surface area contributed by atoms with Crippen molar-refractivity contribution < 1.29 is 0 Å². The van der Waals surface area contributed by atoms with E-state index in [1.165, 1.54) is 0 Å². The van der Waals surface area contributed by atoms with Crippen LogP contribution in [-0.4, -0.2) is 24.9 Å². The van der Waals surface area contributed by atoms with Gasteiger partial charge >= 0.3 is 0 Å². The van der Waals surface area contributed by atoms with Crippen LogP contribution in [0.3, 0.4) is 0 Å². The van der Waals surface area contributed by atoms with Gasteiger partial charge in [0.15, 0.2) is 17.5 Å². The molecule has 0 aliphatic heterocycles. The van der Waals surface area contributed by atoms with E-state index in [-0.39, 0.29) is 0 Å². The molecule has 254 valence electrons. The molecule has 0 atom stereocenters. The van der Waals surface area contributed by atoms with Crippen LogP contribution in [-0.2, 0) is 0 Å². The quantitative estimate of drug-likeness (QED) is 0.159. The molecule has 0 saturated heterocycles. The molecule has 0 bridgehead atoms. The van der Waals surface area contributed by atoms with Crippen LogP contribution in [0, 0.1) is 0 Å². The summed E-state index contributed by atoms with van der Waals surface area (Å²) < 4.78 is 0. The zero-order valence-electron chi connectivity index (χ0n) is 29.3. The summed E-state index contributed by atoms with van der Waals surface area (Å²) in [6.45, 7) is 0. The highest BCUT2D eigenvalue weighted by Gasteiger charge is 2.16. The molecule has 0 radical (unpaired) electrons. The number of hydrogen-bond donors (Lipinski definition) is 0. The van der Waals surface area contributed by atoms with Crippen molar-refractivity contribution in [3.05, 3.63) is 201 Å². The van der Waals surface area contributed by atoms with Gasteiger partial charge in [-0.3, -0.25) is 9.97 Å². The molecule has 9 aromatic rings. The topological polar surface area (TPSA) is 64.5 Å². The van der Waals surface area contributed by atoms with Crippen molar-refractivity contribution in [2.45, 2.75) is 0 Å². The summed E-state index contributed by atoms with van der Waals surface area (Å²) in [6, 6.07) is 63.1. The Kier molecular flexibility index (Phi) is 8.86. The zero-order chi connectivity index (χ0) is 36.1. The van der Waals surface area contributed by atoms with Crippen molar-refractivity contribution in [2.75, 3.05) is 0 Å². The monoisotopic (exact) mass is 691 g/mol. The number of nitrogens with zero attached hydrogens (tertiary/aromatic N) is 5. The normalized spacial score (nSPS) is 11.0. The molecule has 54 heavy (non-hydrogen) atoms. The van der Waals surface area contributed by atoms with Crippen molar-refractivity contribution in [1.82, 2.24) is 24.9 Å². The first kappa shape index (κ1) is 32.5. The van der Waals surface area contributed by atoms with Crippen LogP contribution in [0.1, 0.15) is 0 Å². The fraction of sp³-hybridized carbons (Fsp3) is 0. The van der Waals surface area contributed by atoms with Crippen LogP contribution in [0.25, 0.3) is 89.9 Å². The maximum Gasteiger partial charge on any atom is 0.164 e. The molecule has 0 aliphatic carbocycles. The minimum Gasteiger partial charge on any atom is -0.261 e. The first-order valence-electron chi connectivity index (χ1n) is 17.9. The van der Waals surface area contributed by atoms with Gasteiger partial charge in [0.25, 0.3) is 0 Å². The first-order chi connectivity index (χ1) is 26.7. The molecule has 2 heterocycles. The second kappa shape index (κ2) is 14.7. The van der Waals surface area contributed by atoms with Gasteiger partial charge < -0.3 is 0 Å². The molecule has 0 spiro atoms. The largest absolute Gasteiger partial charge is 0.261 e. The summed E-state index contributed by atoms with van der Waals surface area (Å²) in [5.41, 5.74) is 13.5. The molecule has 2 aromatic heterocycles. The Balaban J connectivity index is 1.17. The Hall–Kier alpha value is -7.37. The van der Waals surface area contributed by atoms with Gasteiger partial charge in [0.1, 0.15) is 0 Å². The van der Waals surface area contributed by atoms with Crippen LogP contribution in [0.4, 0.5) is 0 Å². The van der Waals surface area contributed by atoms with Crippen molar-refractivity contribution in [2.24, 2.45) is 0 Å². The molecular formula is C49H33N5. The third-order valence-corrected chi connectivity index (χ3v) is 9.51. The Labute approximate surface area is 314 Å². The molecule has 9 rings (SSSR count). The minimum absolute atomic E-state index is 0.601. The Bertz CT molecular complexity index is 2540. The summed E-state index contributed by atoms with van der Waals surface area (Å²) in [4.78, 5) is 24.1. The summed E-state index contributed by atoms with van der Waals surface area (Å²) in [6.07, 6.45) is 5.18. The summed E-state index contributed by atoms with van der Waals surface area (Å²) in [5, 5.41) is 0. The average molecular weight is 692 g/mol. The highest BCUT2D eigenvalue weighted by molar-refractivity contribution is 5.81. The first-order valence-corrected chi connectivity index (χ1v) is 17.9. The van der Waals surface area contributed by atoms with Crippen LogP contribution >= 0.6 is 0 Å². The fourth-order valence-electron chi connectivity index (χ4n) is 6.65. The van der Waals surface area contributed by atoms with Gasteiger partial charge in [-0.2, -0.15) is 0 Å². The van der Waals surface area contributed by atoms with E-state index in [2.05, 4.69) is 174 Å². The van der Waals surface area contributed by atoms with E-state index in [1.807, 2.05) is 18.2 Å². The second-order valence-corrected chi connectivity index (χ2v) is 13.0. The standard InChI is InChI=1S/C49H33N5/c1-4-10-34(11-5-1)37-18-24-41(25-19-37)47-52-48(42-26-20-38(21-27-42)35-12-6-2-7-13-35)54-49(53-47)45-31-43(36-14-8-3-9-15-36)30-44(32-45)39-16-22-40(23-17-39)46-33-50-28-29-51-46/h1-33H. The van der Waals surface area contributed by atoms with E-state index in [0.29, 0.717) is 17.5 Å². The van der Waals surface area contributed by atoms with Gasteiger partial charge in [0.2, 0.25) is 0 Å². The van der Waals surface area contributed by atoms with Gasteiger partial charge in [-0.15, -0.1) is 0 Å². The van der Waals surface area contributed by atoms with Crippen LogP contribution < -0.4 is 0 Å². The van der Waals surface area contributed by atoms with E-state index in [0.717, 1.165) is 72.5 Å². The van der Waals surface area contributed by atoms with Gasteiger partial charge in [-0.05, 0) is 62.7 Å². The lowest BCUT2D eigenvalue weighted by molar-refractivity contribution is 1.07. The lowest BCUT2D eigenvalue weighted by atomic mass is 9.95. The molecule has 5 nitrogen and oxygen atoms in total. The number of rotatable bonds is 8. The number of hydrogen-bond acceptors (Lipinski definition) is 5. The Morgan fingerprint density at radius 1 is 0.259 bits per heavy atom. The Morgan fingerprint density at radius 2 is 0.593 bits per heavy atom. The second-order valence-electron chi connectivity index (χ2n) is 13.0. The predicted molar refractivity (Wildman–Crippen MR) is 219 cm³/mol. The maximum absolute atomic E-state index is 5.15. The van der Waals surface area contributed by atoms with E-state index in [9.17, 15) is 0 Å². The molecule has 0 fully saturated rings. The summed E-state index contributed by atoms with van der Waals surface area (Å²) in [5.74, 6) is 1.83. The highest BCUT2D eigenvalue weighted by Crippen LogP contribution is 2.35. The molecule has 0 amide bonds. The smallest absolute Gasteiger partial charge is 0.164 e. The van der Waals surface area contributed by atoms with E-state index in [1.54, 1.807) is 18.6 Å². The van der Waals surface area contributed by atoms with Crippen molar-refractivity contribution >= 4 is 0 Å². The molecule has 0 aliphatic rings. The third kappa shape index (κ3) is 6.94. The van der Waals surface area contributed by atoms with Crippen LogP contribution in [0.5, 0.6) is 0 Å². The Morgan fingerprint density at radius 3 is 1.02 bits per heavy atom. The lowest BCUT2D eigenvalue weighted by Gasteiger charge is -2.13. The average Bonchev–Trinajstić information content (AvgIpc) is 3.27. The highest BCUT2D eigenvalue weighted by atomic mass is 15.0. The van der Waals surface area contributed by atoms with Crippen LogP contribution in [0.15, 0.2) is 201 Å². The minimum atomic E-state index is 0.601. The fourth-order valence-corrected chi connectivity index (χ4v) is 6.65. The summed E-state index contributed by atoms with van der Waals surface area (Å²) in [7, 11) is 0. The molecule has 0 unspecified atom stereocenters. The van der Waals surface area contributed by atoms with E-state index >= 15 is 0 Å². The van der Waals surface area contributed by atoms with E-state index < -0.39 is 0 Å². The zero-order valence-corrected chi connectivity index (χ0v) is 29.3. The van der Waals surface area contributed by atoms with Crippen LogP contribution in [0.2, 0.25) is 0 Å². The molecular weight excluding hydrogens is 659 g/mol. The third-order valence-electron chi connectivity index (χ3n) is 9.51. The number of aromatic nitrogens is 5. The number of benzene rings is 7. The molecule has 7 aromatic carbocycles. The van der Waals surface area contributed by atoms with Gasteiger partial charge in [0.05, 0.1) is 11.9 Å². The van der Waals surface area contributed by atoms with E-state index in [4.69, 9.17) is 15.0 Å². The molecule has 0 saturated carbocycles. The molecule has 5 heteroatoms. The molecule has 0 N–H and O–H groups in total. The van der Waals surface area contributed by atoms with Crippen molar-refractivity contribution in [1.29, 1.82) is 0 Å². The predicted octanol–water partition coefficient (Wildman–Crippen LogP) is 12.0. The van der Waals surface area contributed by atoms with Gasteiger partial charge in [0, 0.05) is 34.6 Å². The summed E-state index contributed by atoms with van der Waals surface area (Å²) >= 11 is 0. The van der Waals surface area contributed by atoms with Gasteiger partial charge in [-0.1, -0.05) is 164 Å². The van der Waals surface area contributed by atoms with Gasteiger partial charge in [-0.25, -0.2) is 15.0 Å².